The largest absolute Gasteiger partial charge is 0.335 e. The minimum Gasteiger partial charge on any atom is -0.335 e. The van der Waals surface area contributed by atoms with E-state index in [1.54, 1.807) is 0 Å². The molecular weight excluding hydrogens is 581 g/mol. The highest BCUT2D eigenvalue weighted by Crippen LogP contribution is 2.54. The lowest BCUT2D eigenvalue weighted by molar-refractivity contribution is 0.603. The summed E-state index contributed by atoms with van der Waals surface area (Å²) in [6.45, 7) is 4.82. The van der Waals surface area contributed by atoms with Crippen molar-refractivity contribution < 1.29 is 0 Å². The molecule has 5 aromatic rings. The van der Waals surface area contributed by atoms with Gasteiger partial charge in [-0.25, -0.2) is 0 Å². The molecule has 3 nitrogen and oxygen atoms in total. The zero-order valence-electron chi connectivity index (χ0n) is 27.4. The summed E-state index contributed by atoms with van der Waals surface area (Å²) in [4.78, 5) is 7.62. The van der Waals surface area contributed by atoms with E-state index in [9.17, 15) is 0 Å². The van der Waals surface area contributed by atoms with Crippen molar-refractivity contribution in [2.75, 3.05) is 14.7 Å². The number of para-hydroxylation sites is 3. The lowest BCUT2D eigenvalue weighted by Gasteiger charge is -2.55. The molecule has 0 spiro atoms. The van der Waals surface area contributed by atoms with Gasteiger partial charge in [-0.1, -0.05) is 116 Å². The van der Waals surface area contributed by atoms with Gasteiger partial charge in [-0.15, -0.1) is 0 Å². The number of rotatable bonds is 5. The van der Waals surface area contributed by atoms with Gasteiger partial charge in [0.15, 0.2) is 0 Å². The Morgan fingerprint density at radius 2 is 1.42 bits per heavy atom. The van der Waals surface area contributed by atoms with E-state index in [4.69, 9.17) is 0 Å². The summed E-state index contributed by atoms with van der Waals surface area (Å²) in [5, 5.41) is -0.235. The molecule has 2 aliphatic carbocycles. The number of benzene rings is 5. The van der Waals surface area contributed by atoms with Crippen molar-refractivity contribution in [2.24, 2.45) is 0 Å². The standard InChI is InChI=1S/C44H38BN3/c1-32-25-27-36(28-26-32)48-41-24-14-23-40-43(41)45(38-21-12-13-22-39(38)47(40)35-19-10-5-11-20-35)44(2)30-29-37(31-42(44)48)46(33-15-6-3-7-16-33)34-17-8-4-9-18-34/h3-17,19-31,34,42H,18H2,1-2H3. The van der Waals surface area contributed by atoms with Crippen LogP contribution in [0.3, 0.4) is 0 Å². The van der Waals surface area contributed by atoms with E-state index >= 15 is 0 Å². The number of fused-ring (bicyclic) bond motifs is 4. The molecule has 0 bridgehead atoms. The van der Waals surface area contributed by atoms with Crippen molar-refractivity contribution in [3.05, 3.63) is 181 Å². The summed E-state index contributed by atoms with van der Waals surface area (Å²) in [5.74, 6) is 0. The Kier molecular flexibility index (Phi) is 6.79. The number of anilines is 6. The molecule has 3 atom stereocenters. The van der Waals surface area contributed by atoms with Crippen molar-refractivity contribution in [3.63, 3.8) is 0 Å². The first-order valence-electron chi connectivity index (χ1n) is 17.1. The maximum atomic E-state index is 2.62. The topological polar surface area (TPSA) is 9.72 Å². The van der Waals surface area contributed by atoms with E-state index in [1.807, 2.05) is 0 Å². The molecule has 0 saturated carbocycles. The van der Waals surface area contributed by atoms with Crippen molar-refractivity contribution in [2.45, 2.75) is 37.7 Å². The predicted molar refractivity (Wildman–Crippen MR) is 204 cm³/mol. The highest BCUT2D eigenvalue weighted by molar-refractivity contribution is 6.92. The van der Waals surface area contributed by atoms with E-state index in [1.165, 1.54) is 56.3 Å². The molecule has 4 heteroatoms. The minimum absolute atomic E-state index is 0.0682. The van der Waals surface area contributed by atoms with Crippen LogP contribution < -0.4 is 25.6 Å². The maximum absolute atomic E-state index is 2.62. The molecule has 0 aromatic heterocycles. The summed E-state index contributed by atoms with van der Waals surface area (Å²) in [7, 11) is 0. The fraction of sp³-hybridized carbons (Fsp3) is 0.136. The van der Waals surface area contributed by atoms with E-state index in [0.717, 1.165) is 6.42 Å². The minimum atomic E-state index is -0.235. The first-order valence-corrected chi connectivity index (χ1v) is 17.1. The summed E-state index contributed by atoms with van der Waals surface area (Å²) >= 11 is 0. The SMILES string of the molecule is Cc1ccc(N2c3cccc4c3B(c3ccccc3N4c3ccccc3)C3(C)C=CC(N(c4ccccc4)C4C=CC=CC4)=CC23)cc1. The van der Waals surface area contributed by atoms with Crippen LogP contribution >= 0.6 is 0 Å². The monoisotopic (exact) mass is 619 g/mol. The fourth-order valence-electron chi connectivity index (χ4n) is 8.54. The molecule has 232 valence electrons. The average molecular weight is 620 g/mol. The zero-order chi connectivity index (χ0) is 32.2. The first-order chi connectivity index (χ1) is 23.6. The molecule has 2 heterocycles. The Morgan fingerprint density at radius 1 is 0.708 bits per heavy atom. The summed E-state index contributed by atoms with van der Waals surface area (Å²) in [5.41, 5.74) is 12.7. The van der Waals surface area contributed by atoms with Crippen LogP contribution in [0.2, 0.25) is 5.31 Å². The van der Waals surface area contributed by atoms with E-state index in [-0.39, 0.29) is 24.1 Å². The Bertz CT molecular complexity index is 2110. The summed E-state index contributed by atoms with van der Waals surface area (Å²) in [6.07, 6.45) is 17.4. The van der Waals surface area contributed by atoms with Crippen LogP contribution in [0.25, 0.3) is 0 Å². The Labute approximate surface area is 284 Å². The Hall–Kier alpha value is -5.48. The van der Waals surface area contributed by atoms with Gasteiger partial charge in [-0.2, -0.15) is 0 Å². The number of nitrogens with zero attached hydrogens (tertiary/aromatic N) is 3. The van der Waals surface area contributed by atoms with Gasteiger partial charge in [0.1, 0.15) is 0 Å². The van der Waals surface area contributed by atoms with Crippen LogP contribution in [0.5, 0.6) is 0 Å². The number of hydrogen-bond donors (Lipinski definition) is 0. The molecule has 0 radical (unpaired) electrons. The second-order valence-corrected chi connectivity index (χ2v) is 13.6. The van der Waals surface area contributed by atoms with Gasteiger partial charge in [-0.05, 0) is 96.3 Å². The van der Waals surface area contributed by atoms with Crippen LogP contribution in [0.15, 0.2) is 176 Å². The Balaban J connectivity index is 1.29. The van der Waals surface area contributed by atoms with Crippen LogP contribution in [0.1, 0.15) is 18.9 Å². The van der Waals surface area contributed by atoms with Crippen molar-refractivity contribution in [1.82, 2.24) is 0 Å². The van der Waals surface area contributed by atoms with Gasteiger partial charge < -0.3 is 14.7 Å². The van der Waals surface area contributed by atoms with E-state index in [0.29, 0.717) is 0 Å². The zero-order valence-corrected chi connectivity index (χ0v) is 27.4. The third kappa shape index (κ3) is 4.43. The quantitative estimate of drug-likeness (QED) is 0.182. The molecule has 0 saturated heterocycles. The summed E-state index contributed by atoms with van der Waals surface area (Å²) in [6, 6.07) is 47.1. The molecule has 48 heavy (non-hydrogen) atoms. The number of allylic oxidation sites excluding steroid dienone is 3. The molecule has 3 unspecified atom stereocenters. The van der Waals surface area contributed by atoms with Crippen LogP contribution in [0.4, 0.5) is 34.1 Å². The van der Waals surface area contributed by atoms with Crippen LogP contribution in [0, 0.1) is 6.92 Å². The smallest absolute Gasteiger partial charge is 0.229 e. The van der Waals surface area contributed by atoms with Gasteiger partial charge in [-0.3, -0.25) is 0 Å². The summed E-state index contributed by atoms with van der Waals surface area (Å²) < 4.78 is 0. The second-order valence-electron chi connectivity index (χ2n) is 13.6. The second kappa shape index (κ2) is 11.3. The molecule has 0 N–H and O–H groups in total. The van der Waals surface area contributed by atoms with Crippen molar-refractivity contribution in [1.29, 1.82) is 0 Å². The maximum Gasteiger partial charge on any atom is 0.229 e. The van der Waals surface area contributed by atoms with E-state index < -0.39 is 0 Å². The number of hydrogen-bond acceptors (Lipinski definition) is 3. The molecular formula is C44H38BN3. The molecule has 9 rings (SSSR count). The highest BCUT2D eigenvalue weighted by atomic mass is 15.2. The van der Waals surface area contributed by atoms with Gasteiger partial charge in [0.25, 0.3) is 0 Å². The van der Waals surface area contributed by atoms with Gasteiger partial charge >= 0.3 is 0 Å². The van der Waals surface area contributed by atoms with Gasteiger partial charge in [0.2, 0.25) is 6.71 Å². The third-order valence-corrected chi connectivity index (χ3v) is 10.7. The average Bonchev–Trinajstić information content (AvgIpc) is 3.14. The van der Waals surface area contributed by atoms with Crippen LogP contribution in [-0.2, 0) is 0 Å². The normalized spacial score (nSPS) is 21.7. The lowest BCUT2D eigenvalue weighted by atomic mass is 9.23. The lowest BCUT2D eigenvalue weighted by Crippen LogP contribution is -2.66. The van der Waals surface area contributed by atoms with Crippen LogP contribution in [-0.4, -0.2) is 18.8 Å². The van der Waals surface area contributed by atoms with Gasteiger partial charge in [0.05, 0.1) is 12.1 Å². The third-order valence-electron chi connectivity index (χ3n) is 10.7. The van der Waals surface area contributed by atoms with E-state index in [2.05, 4.69) is 198 Å². The van der Waals surface area contributed by atoms with Gasteiger partial charge in [0, 0.05) is 39.8 Å². The van der Waals surface area contributed by atoms with Crippen molar-refractivity contribution in [3.8, 4) is 0 Å². The molecule has 5 aromatic carbocycles. The fourth-order valence-corrected chi connectivity index (χ4v) is 8.54. The molecule has 4 aliphatic rings. The first kappa shape index (κ1) is 28.7. The molecule has 0 amide bonds. The Morgan fingerprint density at radius 3 is 2.19 bits per heavy atom. The molecule has 2 aliphatic heterocycles. The predicted octanol–water partition coefficient (Wildman–Crippen LogP) is 9.51. The van der Waals surface area contributed by atoms with Crippen molar-refractivity contribution >= 4 is 51.8 Å². The highest BCUT2D eigenvalue weighted by Gasteiger charge is 2.55. The number of aryl methyl sites for hydroxylation is 1. The molecule has 0 fully saturated rings.